The quantitative estimate of drug-likeness (QED) is 0.303. The molecule has 0 radical (unpaired) electrons. The number of aromatic carboxylic acids is 2. The highest BCUT2D eigenvalue weighted by Gasteiger charge is 2.10. The van der Waals surface area contributed by atoms with Crippen LogP contribution < -0.4 is 20.5 Å². The number of carbonyl (C=O) groups is 3. The minimum Gasteiger partial charge on any atom is -0.493 e. The van der Waals surface area contributed by atoms with Crippen molar-refractivity contribution in [2.75, 3.05) is 25.3 Å². The van der Waals surface area contributed by atoms with Crippen LogP contribution in [0, 0.1) is 0 Å². The molecule has 9 nitrogen and oxygen atoms in total. The predicted octanol–water partition coefficient (Wildman–Crippen LogP) is 4.02. The van der Waals surface area contributed by atoms with Gasteiger partial charge in [-0.1, -0.05) is 30.3 Å². The fourth-order valence-electron chi connectivity index (χ4n) is 2.77. The summed E-state index contributed by atoms with van der Waals surface area (Å²) in [4.78, 5) is 33.5. The van der Waals surface area contributed by atoms with Gasteiger partial charge in [-0.2, -0.15) is 0 Å². The van der Waals surface area contributed by atoms with E-state index in [4.69, 9.17) is 25.4 Å². The van der Waals surface area contributed by atoms with Crippen molar-refractivity contribution in [3.63, 3.8) is 0 Å². The Bertz CT molecular complexity index is 1210. The topological polar surface area (TPSA) is 148 Å². The van der Waals surface area contributed by atoms with Crippen LogP contribution in [0.25, 0.3) is 6.08 Å². The Kier molecular flexibility index (Phi) is 9.21. The number of carbonyl (C=O) groups excluding carboxylic acids is 1. The molecular formula is C25H24N2O7. The van der Waals surface area contributed by atoms with Crippen molar-refractivity contribution in [1.29, 1.82) is 0 Å². The number of nitrogen functional groups attached to an aromatic ring is 1. The van der Waals surface area contributed by atoms with E-state index in [0.29, 0.717) is 17.2 Å². The lowest BCUT2D eigenvalue weighted by Gasteiger charge is -2.08. The standard InChI is InChI=1S/C18H17NO5.C7H7NO2/c1-23-15-9-7-12(11-16(15)24-2)8-10-17(20)19-14-6-4-3-5-13(14)18(21)22;8-6-4-2-1-3-5(6)7(9)10/h3-11H,1-2H3,(H,19,20)(H,21,22);1-4H,8H2,(H,9,10)/b10-8+;. The van der Waals surface area contributed by atoms with Crippen molar-refractivity contribution < 1.29 is 34.1 Å². The van der Waals surface area contributed by atoms with Crippen LogP contribution in [0.3, 0.4) is 0 Å². The summed E-state index contributed by atoms with van der Waals surface area (Å²) >= 11 is 0. The van der Waals surface area contributed by atoms with E-state index in [1.807, 2.05) is 0 Å². The van der Waals surface area contributed by atoms with Gasteiger partial charge in [-0.3, -0.25) is 4.79 Å². The van der Waals surface area contributed by atoms with Crippen LogP contribution in [0.2, 0.25) is 0 Å². The molecule has 3 rings (SSSR count). The van der Waals surface area contributed by atoms with Crippen molar-refractivity contribution in [3.8, 4) is 11.5 Å². The molecule has 0 saturated heterocycles. The summed E-state index contributed by atoms with van der Waals surface area (Å²) in [5.74, 6) is -1.38. The Morgan fingerprint density at radius 1 is 0.824 bits per heavy atom. The molecule has 34 heavy (non-hydrogen) atoms. The van der Waals surface area contributed by atoms with Gasteiger partial charge in [0.2, 0.25) is 5.91 Å². The molecule has 5 N–H and O–H groups in total. The first-order valence-electron chi connectivity index (χ1n) is 9.88. The number of amides is 1. The molecule has 0 heterocycles. The lowest BCUT2D eigenvalue weighted by Crippen LogP contribution is -2.11. The molecule has 0 aliphatic carbocycles. The molecule has 3 aromatic carbocycles. The first kappa shape index (κ1) is 25.5. The number of methoxy groups -OCH3 is 2. The van der Waals surface area contributed by atoms with E-state index in [1.54, 1.807) is 61.7 Å². The molecule has 0 fully saturated rings. The van der Waals surface area contributed by atoms with Gasteiger partial charge in [0.05, 0.1) is 31.0 Å². The van der Waals surface area contributed by atoms with Gasteiger partial charge in [-0.25, -0.2) is 9.59 Å². The molecule has 9 heteroatoms. The molecule has 0 aromatic heterocycles. The number of carboxylic acids is 2. The summed E-state index contributed by atoms with van der Waals surface area (Å²) in [5.41, 5.74) is 6.82. The highest BCUT2D eigenvalue weighted by molar-refractivity contribution is 6.06. The number of rotatable bonds is 7. The van der Waals surface area contributed by atoms with Gasteiger partial charge in [0.1, 0.15) is 0 Å². The molecule has 3 aromatic rings. The fourth-order valence-corrected chi connectivity index (χ4v) is 2.77. The van der Waals surface area contributed by atoms with Crippen LogP contribution in [0.4, 0.5) is 11.4 Å². The van der Waals surface area contributed by atoms with E-state index in [0.717, 1.165) is 5.56 Å². The van der Waals surface area contributed by atoms with Crippen LogP contribution in [-0.4, -0.2) is 42.3 Å². The number of carboxylic acid groups (broad SMARTS) is 2. The van der Waals surface area contributed by atoms with Gasteiger partial charge in [0, 0.05) is 11.8 Å². The summed E-state index contributed by atoms with van der Waals surface area (Å²) in [6.07, 6.45) is 2.92. The van der Waals surface area contributed by atoms with Gasteiger partial charge in [0.15, 0.2) is 11.5 Å². The van der Waals surface area contributed by atoms with Crippen LogP contribution >= 0.6 is 0 Å². The first-order chi connectivity index (χ1) is 16.3. The van der Waals surface area contributed by atoms with Crippen molar-refractivity contribution in [2.24, 2.45) is 0 Å². The molecule has 0 aliphatic rings. The Balaban J connectivity index is 0.000000340. The Morgan fingerprint density at radius 2 is 1.41 bits per heavy atom. The van der Waals surface area contributed by atoms with Crippen LogP contribution in [0.5, 0.6) is 11.5 Å². The average Bonchev–Trinajstić information content (AvgIpc) is 2.83. The maximum absolute atomic E-state index is 12.0. The third kappa shape index (κ3) is 7.13. The van der Waals surface area contributed by atoms with E-state index >= 15 is 0 Å². The number of hydrogen-bond acceptors (Lipinski definition) is 6. The molecule has 0 spiro atoms. The highest BCUT2D eigenvalue weighted by Crippen LogP contribution is 2.28. The predicted molar refractivity (Wildman–Crippen MR) is 128 cm³/mol. The van der Waals surface area contributed by atoms with E-state index in [2.05, 4.69) is 5.32 Å². The van der Waals surface area contributed by atoms with Gasteiger partial charge in [-0.05, 0) is 48.0 Å². The minimum atomic E-state index is -1.10. The molecule has 1 amide bonds. The fraction of sp³-hybridized carbons (Fsp3) is 0.0800. The summed E-state index contributed by atoms with van der Waals surface area (Å²) in [6, 6.07) is 17.8. The molecule has 0 saturated carbocycles. The monoisotopic (exact) mass is 464 g/mol. The number of benzene rings is 3. The Labute approximate surface area is 196 Å². The molecule has 0 unspecified atom stereocenters. The van der Waals surface area contributed by atoms with Crippen LogP contribution in [-0.2, 0) is 4.79 Å². The van der Waals surface area contributed by atoms with E-state index in [9.17, 15) is 14.4 Å². The Hall–Kier alpha value is -4.79. The van der Waals surface area contributed by atoms with Gasteiger partial charge in [-0.15, -0.1) is 0 Å². The normalized spacial score (nSPS) is 10.1. The SMILES string of the molecule is COc1ccc(/C=C/C(=O)Nc2ccccc2C(=O)O)cc1OC.Nc1ccccc1C(=O)O. The zero-order valence-corrected chi connectivity index (χ0v) is 18.5. The number of ether oxygens (including phenoxy) is 2. The van der Waals surface area contributed by atoms with Crippen molar-refractivity contribution >= 4 is 35.3 Å². The largest absolute Gasteiger partial charge is 0.493 e. The van der Waals surface area contributed by atoms with Gasteiger partial charge >= 0.3 is 11.9 Å². The first-order valence-corrected chi connectivity index (χ1v) is 9.88. The van der Waals surface area contributed by atoms with Crippen LogP contribution in [0.1, 0.15) is 26.3 Å². The van der Waals surface area contributed by atoms with E-state index < -0.39 is 17.8 Å². The van der Waals surface area contributed by atoms with Crippen molar-refractivity contribution in [3.05, 3.63) is 89.5 Å². The average molecular weight is 464 g/mol. The van der Waals surface area contributed by atoms with E-state index in [-0.39, 0.29) is 16.8 Å². The highest BCUT2D eigenvalue weighted by atomic mass is 16.5. The lowest BCUT2D eigenvalue weighted by molar-refractivity contribution is -0.111. The summed E-state index contributed by atoms with van der Waals surface area (Å²) in [5, 5.41) is 20.1. The second-order valence-electron chi connectivity index (χ2n) is 6.68. The number of nitrogens with two attached hydrogens (primary N) is 1. The molecule has 0 bridgehead atoms. The van der Waals surface area contributed by atoms with Crippen molar-refractivity contribution in [1.82, 2.24) is 0 Å². The maximum atomic E-state index is 12.0. The maximum Gasteiger partial charge on any atom is 0.337 e. The second-order valence-corrected chi connectivity index (χ2v) is 6.68. The molecule has 0 atom stereocenters. The zero-order valence-electron chi connectivity index (χ0n) is 18.5. The second kappa shape index (κ2) is 12.3. The third-order valence-corrected chi connectivity index (χ3v) is 4.44. The minimum absolute atomic E-state index is 0.0327. The zero-order chi connectivity index (χ0) is 25.1. The Morgan fingerprint density at radius 3 is 1.97 bits per heavy atom. The smallest absolute Gasteiger partial charge is 0.337 e. The van der Waals surface area contributed by atoms with Gasteiger partial charge in [0.25, 0.3) is 0 Å². The molecule has 176 valence electrons. The lowest BCUT2D eigenvalue weighted by atomic mass is 10.1. The van der Waals surface area contributed by atoms with E-state index in [1.165, 1.54) is 31.4 Å². The van der Waals surface area contributed by atoms with Gasteiger partial charge < -0.3 is 30.7 Å². The summed E-state index contributed by atoms with van der Waals surface area (Å²) in [6.45, 7) is 0. The summed E-state index contributed by atoms with van der Waals surface area (Å²) < 4.78 is 10.3. The number of hydrogen-bond donors (Lipinski definition) is 4. The third-order valence-electron chi connectivity index (χ3n) is 4.44. The number of anilines is 2. The molecule has 0 aliphatic heterocycles. The van der Waals surface area contributed by atoms with Crippen molar-refractivity contribution in [2.45, 2.75) is 0 Å². The number of nitrogens with one attached hydrogen (secondary N) is 1. The molecular weight excluding hydrogens is 440 g/mol. The summed E-state index contributed by atoms with van der Waals surface area (Å²) in [7, 11) is 3.07. The number of para-hydroxylation sites is 2. The van der Waals surface area contributed by atoms with Crippen LogP contribution in [0.15, 0.2) is 72.8 Å².